The number of aliphatic hydroxyl groups is 1. The molecule has 6 nitrogen and oxygen atoms in total. The van der Waals surface area contributed by atoms with Gasteiger partial charge in [-0.3, -0.25) is 4.79 Å². The molecule has 0 radical (unpaired) electrons. The summed E-state index contributed by atoms with van der Waals surface area (Å²) in [6.45, 7) is 9.03. The van der Waals surface area contributed by atoms with E-state index in [4.69, 9.17) is 4.74 Å². The van der Waals surface area contributed by atoms with Crippen molar-refractivity contribution >= 4 is 17.6 Å². The minimum atomic E-state index is -1.13. The van der Waals surface area contributed by atoms with Gasteiger partial charge in [-0.2, -0.15) is 0 Å². The van der Waals surface area contributed by atoms with Crippen LogP contribution in [0.3, 0.4) is 0 Å². The number of carbonyl (C=O) groups excluding carboxylic acids is 2. The van der Waals surface area contributed by atoms with Crippen LogP contribution in [0.25, 0.3) is 0 Å². The lowest BCUT2D eigenvalue weighted by Crippen LogP contribution is -2.56. The van der Waals surface area contributed by atoms with Crippen molar-refractivity contribution in [2.75, 3.05) is 18.6 Å². The number of anilines is 1. The van der Waals surface area contributed by atoms with Crippen LogP contribution >= 0.6 is 0 Å². The van der Waals surface area contributed by atoms with Crippen LogP contribution in [0.15, 0.2) is 18.2 Å². The molecule has 0 saturated heterocycles. The topological polar surface area (TPSA) is 76.1 Å². The van der Waals surface area contributed by atoms with E-state index in [0.717, 1.165) is 18.5 Å². The van der Waals surface area contributed by atoms with Crippen LogP contribution in [0.5, 0.6) is 0 Å². The zero-order valence-electron chi connectivity index (χ0n) is 19.0. The van der Waals surface area contributed by atoms with Crippen molar-refractivity contribution in [3.8, 4) is 0 Å². The summed E-state index contributed by atoms with van der Waals surface area (Å²) < 4.78 is 9.23. The van der Waals surface area contributed by atoms with E-state index in [2.05, 4.69) is 15.7 Å². The van der Waals surface area contributed by atoms with Crippen LogP contribution < -0.4 is 4.90 Å². The number of rotatable bonds is 3. The van der Waals surface area contributed by atoms with Gasteiger partial charge >= 0.3 is 6.16 Å². The van der Waals surface area contributed by atoms with E-state index in [1.54, 1.807) is 0 Å². The maximum Gasteiger partial charge on any atom is 0.508 e. The molecule has 0 spiro atoms. The van der Waals surface area contributed by atoms with Crippen LogP contribution in [0.1, 0.15) is 76.8 Å². The van der Waals surface area contributed by atoms with Crippen molar-refractivity contribution in [2.45, 2.75) is 90.4 Å². The summed E-state index contributed by atoms with van der Waals surface area (Å²) in [5.41, 5.74) is 3.31. The summed E-state index contributed by atoms with van der Waals surface area (Å²) in [6, 6.07) is 6.68. The molecule has 0 amide bonds. The molecule has 1 aromatic carbocycles. The molecule has 4 rings (SSSR count). The third-order valence-electron chi connectivity index (χ3n) is 6.04. The Morgan fingerprint density at radius 2 is 1.77 bits per heavy atom. The second-order valence-corrected chi connectivity index (χ2v) is 7.49. The predicted molar refractivity (Wildman–Crippen MR) is 118 cm³/mol. The maximum atomic E-state index is 12.3. The number of hydrogen-bond acceptors (Lipinski definition) is 6. The zero-order chi connectivity index (χ0) is 22.3. The summed E-state index contributed by atoms with van der Waals surface area (Å²) in [5, 5.41) is 10.3. The first-order chi connectivity index (χ1) is 14.6. The third-order valence-corrected chi connectivity index (χ3v) is 6.04. The van der Waals surface area contributed by atoms with Crippen molar-refractivity contribution in [3.05, 3.63) is 29.3 Å². The highest BCUT2D eigenvalue weighted by Crippen LogP contribution is 2.40. The molecule has 1 aliphatic heterocycles. The molecule has 2 fully saturated rings. The number of hydrogen-bond donors (Lipinski definition) is 1. The van der Waals surface area contributed by atoms with Gasteiger partial charge in [0, 0.05) is 18.3 Å². The van der Waals surface area contributed by atoms with Gasteiger partial charge in [0.25, 0.3) is 0 Å². The Kier molecular flexibility index (Phi) is 9.15. The van der Waals surface area contributed by atoms with Gasteiger partial charge in [-0.05, 0) is 36.5 Å². The van der Waals surface area contributed by atoms with Crippen LogP contribution in [-0.4, -0.2) is 48.9 Å². The first-order valence-corrected chi connectivity index (χ1v) is 11.5. The average molecular weight is 420 g/mol. The molecule has 168 valence electrons. The lowest BCUT2D eigenvalue weighted by Gasteiger charge is -2.38. The van der Waals surface area contributed by atoms with Gasteiger partial charge in [0.15, 0.2) is 11.9 Å². The molecule has 1 aromatic rings. The fourth-order valence-corrected chi connectivity index (χ4v) is 4.62. The number of fused-ring (bicyclic) bond motifs is 1. The fourth-order valence-electron chi connectivity index (χ4n) is 4.62. The molecule has 6 heteroatoms. The quantitative estimate of drug-likeness (QED) is 0.721. The Labute approximate surface area is 180 Å². The Morgan fingerprint density at radius 1 is 1.10 bits per heavy atom. The monoisotopic (exact) mass is 419 g/mol. The van der Waals surface area contributed by atoms with Crippen LogP contribution in [0.2, 0.25) is 0 Å². The number of ether oxygens (including phenoxy) is 2. The molecule has 1 N–H and O–H groups in total. The van der Waals surface area contributed by atoms with Crippen LogP contribution in [0, 0.1) is 0 Å². The van der Waals surface area contributed by atoms with Crippen molar-refractivity contribution in [3.63, 3.8) is 0 Å². The molecule has 2 saturated carbocycles. The zero-order valence-corrected chi connectivity index (χ0v) is 19.0. The lowest BCUT2D eigenvalue weighted by molar-refractivity contribution is -0.157. The van der Waals surface area contributed by atoms with Gasteiger partial charge in [-0.15, -0.1) is 0 Å². The molecule has 1 heterocycles. The minimum absolute atomic E-state index is 0.273. The second kappa shape index (κ2) is 11.3. The Morgan fingerprint density at radius 3 is 2.37 bits per heavy atom. The van der Waals surface area contributed by atoms with Gasteiger partial charge in [0.2, 0.25) is 0 Å². The number of methoxy groups -OCH3 is 1. The molecular weight excluding hydrogens is 382 g/mol. The molecule has 3 unspecified atom stereocenters. The predicted octanol–water partition coefficient (Wildman–Crippen LogP) is 4.61. The van der Waals surface area contributed by atoms with Crippen molar-refractivity contribution in [1.29, 1.82) is 0 Å². The number of nitrogens with zero attached hydrogens (tertiary/aromatic N) is 1. The number of carbonyl (C=O) groups is 2. The van der Waals surface area contributed by atoms with Gasteiger partial charge in [0.1, 0.15) is 6.10 Å². The van der Waals surface area contributed by atoms with Crippen molar-refractivity contribution in [1.82, 2.24) is 0 Å². The number of aliphatic hydroxyl groups excluding tert-OH is 1. The van der Waals surface area contributed by atoms with E-state index in [9.17, 15) is 14.7 Å². The fraction of sp³-hybridized carbons (Fsp3) is 0.667. The minimum Gasteiger partial charge on any atom is -0.438 e. The lowest BCUT2D eigenvalue weighted by atomic mass is 9.73. The summed E-state index contributed by atoms with van der Waals surface area (Å²) in [6.07, 6.45) is 4.34. The molecular formula is C24H37NO5. The van der Waals surface area contributed by atoms with Gasteiger partial charge in [-0.1, -0.05) is 59.1 Å². The molecule has 3 atom stereocenters. The van der Waals surface area contributed by atoms with E-state index in [0.29, 0.717) is 6.04 Å². The average Bonchev–Trinajstić information content (AvgIpc) is 3.24. The summed E-state index contributed by atoms with van der Waals surface area (Å²) in [5.74, 6) is -0.899. The van der Waals surface area contributed by atoms with Gasteiger partial charge in [-0.25, -0.2) is 4.79 Å². The number of ketones is 1. The highest BCUT2D eigenvalue weighted by atomic mass is 16.7. The third kappa shape index (κ3) is 4.80. The molecule has 0 aromatic heterocycles. The van der Waals surface area contributed by atoms with Crippen molar-refractivity contribution < 1.29 is 24.2 Å². The van der Waals surface area contributed by atoms with E-state index in [1.165, 1.54) is 50.5 Å². The SMILES string of the molecule is CC.CC.COC(=O)OC1C(=O)C(c2ccc3c(c2)CCN3C2CCCCC2)C1O. The van der Waals surface area contributed by atoms with Gasteiger partial charge < -0.3 is 19.5 Å². The standard InChI is InChI=1S/C20H25NO5.2C2H6/c1-25-20(24)26-19-17(22)16(18(19)23)13-7-8-15-12(11-13)9-10-21(15)14-5-3-2-4-6-14;2*1-2/h7-8,11,14,16-17,19,22H,2-6,9-10H2,1H3;2*1-2H3. The van der Waals surface area contributed by atoms with Crippen molar-refractivity contribution in [2.24, 2.45) is 0 Å². The molecule has 0 bridgehead atoms. The first-order valence-electron chi connectivity index (χ1n) is 11.5. The smallest absolute Gasteiger partial charge is 0.438 e. The molecule has 2 aliphatic carbocycles. The van der Waals surface area contributed by atoms with Crippen LogP contribution in [-0.2, 0) is 20.7 Å². The summed E-state index contributed by atoms with van der Waals surface area (Å²) >= 11 is 0. The molecule has 3 aliphatic rings. The highest BCUT2D eigenvalue weighted by molar-refractivity contribution is 5.98. The summed E-state index contributed by atoms with van der Waals surface area (Å²) in [7, 11) is 1.17. The summed E-state index contributed by atoms with van der Waals surface area (Å²) in [4.78, 5) is 26.0. The van der Waals surface area contributed by atoms with E-state index in [-0.39, 0.29) is 5.78 Å². The van der Waals surface area contributed by atoms with Gasteiger partial charge in [0.05, 0.1) is 13.0 Å². The maximum absolute atomic E-state index is 12.3. The van der Waals surface area contributed by atoms with E-state index >= 15 is 0 Å². The van der Waals surface area contributed by atoms with E-state index < -0.39 is 24.3 Å². The van der Waals surface area contributed by atoms with E-state index in [1.807, 2.05) is 39.8 Å². The second-order valence-electron chi connectivity index (χ2n) is 7.49. The molecule has 30 heavy (non-hydrogen) atoms. The Bertz CT molecular complexity index is 714. The Balaban J connectivity index is 0.000000757. The number of Topliss-reactive ketones (excluding diaryl/α,β-unsaturated/α-hetero) is 1. The first kappa shape index (κ1) is 24.2. The number of benzene rings is 1. The normalized spacial score (nSPS) is 25.1. The Hall–Kier alpha value is -2.08. The highest BCUT2D eigenvalue weighted by Gasteiger charge is 2.52. The largest absolute Gasteiger partial charge is 0.508 e. The van der Waals surface area contributed by atoms with Crippen LogP contribution in [0.4, 0.5) is 10.5 Å².